The van der Waals surface area contributed by atoms with Gasteiger partial charge in [-0.25, -0.2) is 0 Å². The molecule has 3 rings (SSSR count). The van der Waals surface area contributed by atoms with Crippen molar-refractivity contribution in [3.8, 4) is 0 Å². The maximum atomic E-state index is 13.0. The number of alkyl halides is 4. The van der Waals surface area contributed by atoms with E-state index in [-0.39, 0.29) is 10.1 Å². The van der Waals surface area contributed by atoms with Gasteiger partial charge < -0.3 is 0 Å². The van der Waals surface area contributed by atoms with Gasteiger partial charge in [0.15, 0.2) is 0 Å². The van der Waals surface area contributed by atoms with Crippen molar-refractivity contribution in [2.75, 3.05) is 0 Å². The van der Waals surface area contributed by atoms with Gasteiger partial charge in [-0.3, -0.25) is 0 Å². The number of halogens is 6. The first-order valence-corrected chi connectivity index (χ1v) is 15.2. The predicted molar refractivity (Wildman–Crippen MR) is 101 cm³/mol. The zero-order chi connectivity index (χ0) is 19.5. The van der Waals surface area contributed by atoms with Crippen LogP contribution < -0.4 is 11.9 Å². The fourth-order valence-electron chi connectivity index (χ4n) is 3.57. The molecule has 4 atom stereocenters. The first kappa shape index (κ1) is 21.3. The summed E-state index contributed by atoms with van der Waals surface area (Å²) in [6, 6.07) is 9.48. The second-order valence-corrected chi connectivity index (χ2v) is 15.4. The summed E-state index contributed by atoms with van der Waals surface area (Å²) in [4.78, 5) is 21.4. The average molecular weight is 664 g/mol. The van der Waals surface area contributed by atoms with E-state index in [2.05, 4.69) is 3.08 Å². The zero-order valence-corrected chi connectivity index (χ0v) is 22.9. The van der Waals surface area contributed by atoms with Gasteiger partial charge in [0, 0.05) is 0 Å². The van der Waals surface area contributed by atoms with Crippen molar-refractivity contribution < 1.29 is 34.5 Å². The summed E-state index contributed by atoms with van der Waals surface area (Å²) >= 11 is 36.4. The summed E-state index contributed by atoms with van der Waals surface area (Å²) in [5, 5.41) is -0.309. The van der Waals surface area contributed by atoms with Gasteiger partial charge in [-0.05, 0) is 0 Å². The van der Waals surface area contributed by atoms with Gasteiger partial charge in [0.2, 0.25) is 0 Å². The standard InChI is InChI=1S/C9H6Cl6N2O2.C6H5.Hg/c10-3-4(11)8(13)2(6(17)19)1(5(16)18)7(3,12)9(8,14)15;1-2-4-6-5-3-1;/h1-2H,(H4,16,17,18,19);1-5H;/q;;+1/p-1. The van der Waals surface area contributed by atoms with Crippen LogP contribution >= 0.6 is 69.6 Å². The van der Waals surface area contributed by atoms with Crippen molar-refractivity contribution in [2.45, 2.75) is 14.1 Å². The molecule has 0 aromatic heterocycles. The number of nitrogens with one attached hydrogen (secondary N) is 1. The monoisotopic (exact) mass is 662 g/mol. The Bertz CT molecular complexity index is 820. The van der Waals surface area contributed by atoms with Crippen molar-refractivity contribution in [3.05, 3.63) is 40.4 Å². The van der Waals surface area contributed by atoms with E-state index in [1.807, 2.05) is 30.3 Å². The Morgan fingerprint density at radius 1 is 0.962 bits per heavy atom. The summed E-state index contributed by atoms with van der Waals surface area (Å²) in [6.45, 7) is 0. The summed E-state index contributed by atoms with van der Waals surface area (Å²) in [5.74, 6) is -3.94. The summed E-state index contributed by atoms with van der Waals surface area (Å²) in [6.07, 6.45) is 0. The normalized spacial score (nSPS) is 34.5. The minimum absolute atomic E-state index is 0.144. The number of hydrogen-bond acceptors (Lipinski definition) is 2. The van der Waals surface area contributed by atoms with Gasteiger partial charge in [0.05, 0.1) is 0 Å². The zero-order valence-electron chi connectivity index (χ0n) is 12.9. The van der Waals surface area contributed by atoms with Gasteiger partial charge in [-0.1, -0.05) is 0 Å². The fourth-order valence-corrected chi connectivity index (χ4v) is 10.8. The van der Waals surface area contributed by atoms with Crippen LogP contribution in [-0.4, -0.2) is 25.9 Å². The second kappa shape index (κ2) is 7.12. The number of amides is 2. The third-order valence-corrected chi connectivity index (χ3v) is 14.6. The van der Waals surface area contributed by atoms with E-state index in [4.69, 9.17) is 75.3 Å². The van der Waals surface area contributed by atoms with Crippen LogP contribution in [0.15, 0.2) is 40.4 Å². The fraction of sp³-hybridized carbons (Fsp3) is 0.333. The molecule has 0 aliphatic heterocycles. The Hall–Kier alpha value is 0.575. The summed E-state index contributed by atoms with van der Waals surface area (Å²) < 4.78 is 1.98. The van der Waals surface area contributed by atoms with E-state index in [9.17, 15) is 9.59 Å². The van der Waals surface area contributed by atoms with Crippen LogP contribution in [0.4, 0.5) is 0 Å². The van der Waals surface area contributed by atoms with Crippen LogP contribution in [0.25, 0.3) is 0 Å². The number of rotatable bonds is 4. The molecule has 11 heteroatoms. The van der Waals surface area contributed by atoms with Crippen molar-refractivity contribution in [1.29, 1.82) is 0 Å². The molecule has 4 nitrogen and oxygen atoms in total. The molecule has 2 bridgehead atoms. The van der Waals surface area contributed by atoms with Crippen molar-refractivity contribution in [2.24, 2.45) is 17.6 Å². The van der Waals surface area contributed by atoms with E-state index in [0.29, 0.717) is 0 Å². The topological polar surface area (TPSA) is 72.2 Å². The minimum atomic E-state index is -2.03. The van der Waals surface area contributed by atoms with E-state index in [0.717, 1.165) is 3.07 Å². The van der Waals surface area contributed by atoms with E-state index >= 15 is 0 Å². The van der Waals surface area contributed by atoms with Crippen molar-refractivity contribution in [1.82, 2.24) is 3.08 Å². The molecule has 136 valence electrons. The number of fused-ring (bicyclic) bond motifs is 2. The molecular formula is C15H10Cl6HgN2O2. The number of primary amides is 1. The van der Waals surface area contributed by atoms with Crippen molar-refractivity contribution in [3.63, 3.8) is 0 Å². The van der Waals surface area contributed by atoms with E-state index in [1.54, 1.807) is 0 Å². The SMILES string of the molecule is NC(=O)C1C(C(=O)[NH][Hg][c]2ccccc2)C2(Cl)C(Cl)=C(Cl)C1(Cl)C2(Cl)Cl. The average Bonchev–Trinajstić information content (AvgIpc) is 2.80. The quantitative estimate of drug-likeness (QED) is 0.385. The second-order valence-electron chi connectivity index (χ2n) is 6.19. The number of nitrogens with two attached hydrogens (primary N) is 1. The van der Waals surface area contributed by atoms with Gasteiger partial charge in [-0.15, -0.1) is 0 Å². The molecule has 0 radical (unpaired) electrons. The van der Waals surface area contributed by atoms with E-state index in [1.165, 1.54) is 0 Å². The molecule has 1 fully saturated rings. The molecular weight excluding hydrogens is 653 g/mol. The Balaban J connectivity index is 2.00. The predicted octanol–water partition coefficient (Wildman–Crippen LogP) is 2.99. The Labute approximate surface area is 192 Å². The molecule has 2 aliphatic rings. The molecule has 1 saturated carbocycles. The first-order chi connectivity index (χ1) is 12.0. The van der Waals surface area contributed by atoms with Crippen LogP contribution in [-0.2, 0) is 34.5 Å². The number of hydrogen-bond donors (Lipinski definition) is 2. The summed E-state index contributed by atoms with van der Waals surface area (Å²) in [5.41, 5.74) is 5.51. The van der Waals surface area contributed by atoms with Gasteiger partial charge >= 0.3 is 194 Å². The molecule has 2 aliphatic carbocycles. The molecule has 0 heterocycles. The molecule has 3 N–H and O–H groups in total. The van der Waals surface area contributed by atoms with Crippen LogP contribution in [0.1, 0.15) is 0 Å². The molecule has 1 aromatic carbocycles. The number of carbonyl (C=O) groups is 2. The third-order valence-electron chi connectivity index (χ3n) is 4.83. The Kier molecular flexibility index (Phi) is 5.83. The number of carbonyl (C=O) groups excluding carboxylic acids is 2. The van der Waals surface area contributed by atoms with Gasteiger partial charge in [0.1, 0.15) is 0 Å². The van der Waals surface area contributed by atoms with Crippen LogP contribution in [0.2, 0.25) is 0 Å². The van der Waals surface area contributed by atoms with Crippen LogP contribution in [0.5, 0.6) is 0 Å². The molecule has 1 aromatic rings. The summed E-state index contributed by atoms with van der Waals surface area (Å²) in [7, 11) is 0. The Morgan fingerprint density at radius 3 is 1.96 bits per heavy atom. The van der Waals surface area contributed by atoms with Gasteiger partial charge in [0.25, 0.3) is 0 Å². The maximum absolute atomic E-state index is 13.0. The molecule has 4 unspecified atom stereocenters. The molecule has 0 spiro atoms. The van der Waals surface area contributed by atoms with Crippen molar-refractivity contribution >= 4 is 84.5 Å². The number of benzene rings is 1. The molecule has 26 heavy (non-hydrogen) atoms. The molecule has 0 saturated heterocycles. The third kappa shape index (κ3) is 2.67. The van der Waals surface area contributed by atoms with Crippen LogP contribution in [0, 0.1) is 11.8 Å². The van der Waals surface area contributed by atoms with E-state index < -0.39 is 62.6 Å². The Morgan fingerprint density at radius 2 is 1.46 bits per heavy atom. The number of allylic oxidation sites excluding steroid dienone is 2. The molecule has 2 amide bonds. The van der Waals surface area contributed by atoms with Gasteiger partial charge in [-0.2, -0.15) is 0 Å². The first-order valence-electron chi connectivity index (χ1n) is 7.44. The van der Waals surface area contributed by atoms with Crippen LogP contribution in [0.3, 0.4) is 0 Å².